The van der Waals surface area contributed by atoms with Crippen LogP contribution < -0.4 is 16.0 Å². The Kier molecular flexibility index (Phi) is 3.83. The van der Waals surface area contributed by atoms with Gasteiger partial charge in [0.2, 0.25) is 0 Å². The molecule has 21 heavy (non-hydrogen) atoms. The summed E-state index contributed by atoms with van der Waals surface area (Å²) in [5.74, 6) is 0.862. The molecule has 110 valence electrons. The monoisotopic (exact) mass is 324 g/mol. The second-order valence-electron chi connectivity index (χ2n) is 5.11. The lowest BCUT2D eigenvalue weighted by Crippen LogP contribution is -2.27. The number of aromatic nitrogens is 1. The van der Waals surface area contributed by atoms with Gasteiger partial charge in [-0.2, -0.15) is 0 Å². The third-order valence-corrected chi connectivity index (χ3v) is 4.18. The predicted molar refractivity (Wildman–Crippen MR) is 84.5 cm³/mol. The number of benzene rings is 1. The number of nitrogens with zero attached hydrogens (tertiary/aromatic N) is 1. The Morgan fingerprint density at radius 2 is 1.86 bits per heavy atom. The van der Waals surface area contributed by atoms with E-state index in [1.54, 1.807) is 29.0 Å². The second kappa shape index (κ2) is 5.62. The summed E-state index contributed by atoms with van der Waals surface area (Å²) < 4.78 is 7.44. The van der Waals surface area contributed by atoms with Crippen molar-refractivity contribution in [3.8, 4) is 11.5 Å². The molecule has 0 bridgehead atoms. The molecule has 1 aromatic carbocycles. The Morgan fingerprint density at radius 1 is 1.19 bits per heavy atom. The average molecular weight is 325 g/mol. The predicted octanol–water partition coefficient (Wildman–Crippen LogP) is 4.25. The van der Waals surface area contributed by atoms with Crippen LogP contribution in [0.25, 0.3) is 0 Å². The van der Waals surface area contributed by atoms with Crippen LogP contribution in [0.5, 0.6) is 11.5 Å². The van der Waals surface area contributed by atoms with Gasteiger partial charge < -0.3 is 15.0 Å². The fourth-order valence-electron chi connectivity index (χ4n) is 2.29. The maximum atomic E-state index is 11.9. The van der Waals surface area contributed by atoms with Gasteiger partial charge in [-0.3, -0.25) is 4.79 Å². The van der Waals surface area contributed by atoms with Gasteiger partial charge in [-0.15, -0.1) is 0 Å². The van der Waals surface area contributed by atoms with Crippen LogP contribution in [-0.4, -0.2) is 4.57 Å². The molecule has 1 aliphatic rings. The number of ether oxygens (including phenoxy) is 1. The first-order valence-electron chi connectivity index (χ1n) is 6.69. The summed E-state index contributed by atoms with van der Waals surface area (Å²) in [7, 11) is 0. The van der Waals surface area contributed by atoms with E-state index in [1.807, 2.05) is 0 Å². The minimum Gasteiger partial charge on any atom is -0.453 e. The van der Waals surface area contributed by atoms with Crippen LogP contribution >= 0.6 is 23.2 Å². The van der Waals surface area contributed by atoms with E-state index in [1.165, 1.54) is 6.07 Å². The van der Waals surface area contributed by atoms with E-state index >= 15 is 0 Å². The van der Waals surface area contributed by atoms with Crippen molar-refractivity contribution < 1.29 is 4.74 Å². The normalized spacial score (nSPS) is 14.8. The molecular weight excluding hydrogens is 311 g/mol. The summed E-state index contributed by atoms with van der Waals surface area (Å²) in [6, 6.07) is 6.52. The van der Waals surface area contributed by atoms with Gasteiger partial charge in [0.05, 0.1) is 16.2 Å². The van der Waals surface area contributed by atoms with Crippen LogP contribution in [0.3, 0.4) is 0 Å². The number of rotatable bonds is 3. The van der Waals surface area contributed by atoms with Gasteiger partial charge in [0, 0.05) is 17.8 Å². The summed E-state index contributed by atoms with van der Waals surface area (Å²) in [6.45, 7) is 0. The summed E-state index contributed by atoms with van der Waals surface area (Å²) >= 11 is 12.2. The van der Waals surface area contributed by atoms with E-state index in [4.69, 9.17) is 33.7 Å². The molecule has 0 spiro atoms. The molecule has 0 radical (unpaired) electrons. The Morgan fingerprint density at radius 3 is 2.43 bits per heavy atom. The van der Waals surface area contributed by atoms with E-state index in [2.05, 4.69) is 0 Å². The standard InChI is InChI=1S/C15H14Cl2N2O2/c16-12-6-9(18)7-13(17)15(12)21-11-4-5-14(20)19(8-11)10-2-1-3-10/h4-8,10H,1-3,18H2. The molecule has 2 N–H and O–H groups in total. The average Bonchev–Trinajstić information content (AvgIpc) is 2.35. The highest BCUT2D eigenvalue weighted by atomic mass is 35.5. The molecule has 0 aliphatic heterocycles. The number of hydrogen-bond donors (Lipinski definition) is 1. The van der Waals surface area contributed by atoms with Gasteiger partial charge in [0.1, 0.15) is 5.75 Å². The summed E-state index contributed by atoms with van der Waals surface area (Å²) in [6.07, 6.45) is 4.90. The van der Waals surface area contributed by atoms with Crippen LogP contribution in [0.4, 0.5) is 5.69 Å². The van der Waals surface area contributed by atoms with Crippen molar-refractivity contribution in [1.82, 2.24) is 4.57 Å². The van der Waals surface area contributed by atoms with Crippen LogP contribution in [0, 0.1) is 0 Å². The fraction of sp³-hybridized carbons (Fsp3) is 0.267. The van der Waals surface area contributed by atoms with Crippen molar-refractivity contribution >= 4 is 28.9 Å². The molecule has 0 unspecified atom stereocenters. The number of halogens is 2. The van der Waals surface area contributed by atoms with Crippen molar-refractivity contribution in [2.24, 2.45) is 0 Å². The minimum atomic E-state index is -0.0263. The Balaban J connectivity index is 1.93. The first-order chi connectivity index (χ1) is 10.0. The molecule has 0 atom stereocenters. The van der Waals surface area contributed by atoms with Crippen molar-refractivity contribution in [2.45, 2.75) is 25.3 Å². The van der Waals surface area contributed by atoms with Gasteiger partial charge in [0.25, 0.3) is 5.56 Å². The lowest BCUT2D eigenvalue weighted by molar-refractivity contribution is 0.303. The van der Waals surface area contributed by atoms with Crippen molar-refractivity contribution in [3.63, 3.8) is 0 Å². The lowest BCUT2D eigenvalue weighted by atomic mass is 9.93. The first kappa shape index (κ1) is 14.3. The van der Waals surface area contributed by atoms with E-state index in [0.717, 1.165) is 19.3 Å². The van der Waals surface area contributed by atoms with Crippen LogP contribution in [-0.2, 0) is 0 Å². The zero-order valence-electron chi connectivity index (χ0n) is 11.2. The maximum Gasteiger partial charge on any atom is 0.251 e. The van der Waals surface area contributed by atoms with E-state index in [9.17, 15) is 4.79 Å². The van der Waals surface area contributed by atoms with E-state index < -0.39 is 0 Å². The van der Waals surface area contributed by atoms with Gasteiger partial charge in [-0.05, 0) is 37.5 Å². The number of anilines is 1. The largest absolute Gasteiger partial charge is 0.453 e. The van der Waals surface area contributed by atoms with Gasteiger partial charge in [0.15, 0.2) is 5.75 Å². The highest BCUT2D eigenvalue weighted by molar-refractivity contribution is 6.37. The second-order valence-corrected chi connectivity index (χ2v) is 5.93. The van der Waals surface area contributed by atoms with Crippen molar-refractivity contribution in [3.05, 3.63) is 50.9 Å². The molecule has 1 saturated carbocycles. The smallest absolute Gasteiger partial charge is 0.251 e. The SMILES string of the molecule is Nc1cc(Cl)c(Oc2ccc(=O)n(C3CCC3)c2)c(Cl)c1. The molecule has 0 amide bonds. The maximum absolute atomic E-state index is 11.9. The van der Waals surface area contributed by atoms with Gasteiger partial charge in [-0.1, -0.05) is 23.2 Å². The fourth-order valence-corrected chi connectivity index (χ4v) is 2.87. The summed E-state index contributed by atoms with van der Waals surface area (Å²) in [4.78, 5) is 11.9. The Labute approximate surface area is 132 Å². The molecule has 2 aromatic rings. The number of hydrogen-bond acceptors (Lipinski definition) is 3. The molecule has 1 aromatic heterocycles. The zero-order chi connectivity index (χ0) is 15.0. The molecule has 6 heteroatoms. The highest BCUT2D eigenvalue weighted by Gasteiger charge is 2.20. The van der Waals surface area contributed by atoms with Gasteiger partial charge >= 0.3 is 0 Å². The van der Waals surface area contributed by atoms with Crippen LogP contribution in [0.2, 0.25) is 10.0 Å². The highest BCUT2D eigenvalue weighted by Crippen LogP contribution is 2.38. The minimum absolute atomic E-state index is 0.0263. The van der Waals surface area contributed by atoms with E-state index in [0.29, 0.717) is 27.2 Å². The van der Waals surface area contributed by atoms with Crippen LogP contribution in [0.15, 0.2) is 35.3 Å². The molecule has 1 heterocycles. The first-order valence-corrected chi connectivity index (χ1v) is 7.45. The summed E-state index contributed by atoms with van der Waals surface area (Å²) in [5.41, 5.74) is 6.10. The molecular formula is C15H14Cl2N2O2. The Bertz CT molecular complexity index is 716. The zero-order valence-corrected chi connectivity index (χ0v) is 12.7. The van der Waals surface area contributed by atoms with E-state index in [-0.39, 0.29) is 11.6 Å². The van der Waals surface area contributed by atoms with Crippen molar-refractivity contribution in [2.75, 3.05) is 5.73 Å². The lowest BCUT2D eigenvalue weighted by Gasteiger charge is -2.27. The van der Waals surface area contributed by atoms with Gasteiger partial charge in [-0.25, -0.2) is 0 Å². The molecule has 1 fully saturated rings. The number of nitrogens with two attached hydrogens (primary N) is 1. The van der Waals surface area contributed by atoms with Crippen molar-refractivity contribution in [1.29, 1.82) is 0 Å². The topological polar surface area (TPSA) is 57.2 Å². The quantitative estimate of drug-likeness (QED) is 0.858. The molecule has 0 saturated heterocycles. The Hall–Kier alpha value is -1.65. The van der Waals surface area contributed by atoms with Crippen LogP contribution in [0.1, 0.15) is 25.3 Å². The molecule has 3 rings (SSSR count). The molecule has 1 aliphatic carbocycles. The number of nitrogen functional groups attached to an aromatic ring is 1. The molecule has 4 nitrogen and oxygen atoms in total. The third kappa shape index (κ3) is 2.87. The number of pyridine rings is 1. The summed E-state index contributed by atoms with van der Waals surface area (Å²) in [5, 5.41) is 0.669. The third-order valence-electron chi connectivity index (χ3n) is 3.62.